The Hall–Kier alpha value is -0.550. The van der Waals surface area contributed by atoms with E-state index in [0.29, 0.717) is 20.8 Å². The average Bonchev–Trinajstić information content (AvgIpc) is 2.14. The van der Waals surface area contributed by atoms with Crippen molar-refractivity contribution in [2.75, 3.05) is 6.61 Å². The lowest BCUT2D eigenvalue weighted by Crippen LogP contribution is -1.94. The number of rotatable bonds is 2. The van der Waals surface area contributed by atoms with Crippen LogP contribution in [0.5, 0.6) is 5.75 Å². The van der Waals surface area contributed by atoms with Crippen molar-refractivity contribution in [2.45, 2.75) is 6.92 Å². The van der Waals surface area contributed by atoms with Gasteiger partial charge < -0.3 is 4.74 Å². The van der Waals surface area contributed by atoms with Gasteiger partial charge in [-0.3, -0.25) is 0 Å². The molecule has 1 nitrogen and oxygen atoms in total. The van der Waals surface area contributed by atoms with Crippen LogP contribution in [0.15, 0.2) is 12.1 Å². The van der Waals surface area contributed by atoms with E-state index in [-0.39, 0.29) is 6.61 Å². The van der Waals surface area contributed by atoms with E-state index in [9.17, 15) is 0 Å². The Bertz CT molecular complexity index is 390. The molecule has 4 heteroatoms. The van der Waals surface area contributed by atoms with Crippen molar-refractivity contribution in [2.24, 2.45) is 0 Å². The van der Waals surface area contributed by atoms with E-state index in [0.717, 1.165) is 0 Å². The molecular formula is C10H7Cl3O. The molecule has 0 radical (unpaired) electrons. The molecule has 14 heavy (non-hydrogen) atoms. The molecule has 0 unspecified atom stereocenters. The summed E-state index contributed by atoms with van der Waals surface area (Å²) >= 11 is 17.4. The standard InChI is InChI=1S/C10H7Cl3O/c1-2-3-4-14-10-6-8(12)7(11)5-9(10)13/h5-6H,4H2,1H3. The van der Waals surface area contributed by atoms with Gasteiger partial charge in [0, 0.05) is 6.07 Å². The van der Waals surface area contributed by atoms with E-state index in [2.05, 4.69) is 11.8 Å². The van der Waals surface area contributed by atoms with Gasteiger partial charge in [-0.1, -0.05) is 40.7 Å². The fraction of sp³-hybridized carbons (Fsp3) is 0.200. The van der Waals surface area contributed by atoms with Crippen LogP contribution in [-0.2, 0) is 0 Å². The molecule has 0 fully saturated rings. The van der Waals surface area contributed by atoms with Crippen LogP contribution >= 0.6 is 34.8 Å². The number of halogens is 3. The van der Waals surface area contributed by atoms with Gasteiger partial charge >= 0.3 is 0 Å². The van der Waals surface area contributed by atoms with Crippen molar-refractivity contribution in [1.82, 2.24) is 0 Å². The van der Waals surface area contributed by atoms with Crippen LogP contribution in [0.25, 0.3) is 0 Å². The molecule has 0 bridgehead atoms. The third-order valence-corrected chi connectivity index (χ3v) is 2.47. The monoisotopic (exact) mass is 248 g/mol. The Morgan fingerprint density at radius 2 is 1.79 bits per heavy atom. The minimum atomic E-state index is 0.286. The van der Waals surface area contributed by atoms with E-state index >= 15 is 0 Å². The smallest absolute Gasteiger partial charge is 0.149 e. The van der Waals surface area contributed by atoms with Gasteiger partial charge in [-0.25, -0.2) is 0 Å². The lowest BCUT2D eigenvalue weighted by Gasteiger charge is -2.05. The summed E-state index contributed by atoms with van der Waals surface area (Å²) in [7, 11) is 0. The molecule has 0 saturated carbocycles. The molecule has 0 aliphatic heterocycles. The van der Waals surface area contributed by atoms with Gasteiger partial charge in [-0.2, -0.15) is 0 Å². The summed E-state index contributed by atoms with van der Waals surface area (Å²) in [4.78, 5) is 0. The Labute approximate surface area is 97.9 Å². The SMILES string of the molecule is CC#CCOc1cc(Cl)c(Cl)cc1Cl. The van der Waals surface area contributed by atoms with Crippen LogP contribution in [0.2, 0.25) is 15.1 Å². The van der Waals surface area contributed by atoms with E-state index in [1.165, 1.54) is 0 Å². The molecule has 0 amide bonds. The first-order chi connectivity index (χ1) is 6.65. The minimum Gasteiger partial charge on any atom is -0.479 e. The molecule has 0 saturated heterocycles. The highest BCUT2D eigenvalue weighted by atomic mass is 35.5. The second kappa shape index (κ2) is 5.36. The van der Waals surface area contributed by atoms with Crippen molar-refractivity contribution >= 4 is 34.8 Å². The molecule has 0 atom stereocenters. The molecule has 0 spiro atoms. The maximum absolute atomic E-state index is 5.86. The fourth-order valence-electron chi connectivity index (χ4n) is 0.801. The summed E-state index contributed by atoms with van der Waals surface area (Å²) in [6.45, 7) is 2.02. The molecule has 0 N–H and O–H groups in total. The van der Waals surface area contributed by atoms with Crippen molar-refractivity contribution in [3.05, 3.63) is 27.2 Å². The number of hydrogen-bond acceptors (Lipinski definition) is 1. The first-order valence-corrected chi connectivity index (χ1v) is 4.95. The molecular weight excluding hydrogens is 242 g/mol. The molecule has 74 valence electrons. The quantitative estimate of drug-likeness (QED) is 0.567. The van der Waals surface area contributed by atoms with Crippen molar-refractivity contribution < 1.29 is 4.74 Å². The van der Waals surface area contributed by atoms with Crippen LogP contribution < -0.4 is 4.74 Å². The van der Waals surface area contributed by atoms with Crippen LogP contribution in [0.3, 0.4) is 0 Å². The third-order valence-electron chi connectivity index (χ3n) is 1.45. The van der Waals surface area contributed by atoms with Gasteiger partial charge in [0.05, 0.1) is 15.1 Å². The lowest BCUT2D eigenvalue weighted by atomic mass is 10.3. The highest BCUT2D eigenvalue weighted by Gasteiger charge is 2.06. The minimum absolute atomic E-state index is 0.286. The topological polar surface area (TPSA) is 9.23 Å². The lowest BCUT2D eigenvalue weighted by molar-refractivity contribution is 0.370. The maximum atomic E-state index is 5.86. The second-order valence-electron chi connectivity index (χ2n) is 2.41. The fourth-order valence-corrected chi connectivity index (χ4v) is 1.39. The molecule has 1 rings (SSSR count). The summed E-state index contributed by atoms with van der Waals surface area (Å²) in [5.41, 5.74) is 0. The van der Waals surface area contributed by atoms with Gasteiger partial charge in [0.25, 0.3) is 0 Å². The van der Waals surface area contributed by atoms with Crippen LogP contribution in [0.4, 0.5) is 0 Å². The largest absolute Gasteiger partial charge is 0.479 e. The number of benzene rings is 1. The van der Waals surface area contributed by atoms with E-state index in [1.54, 1.807) is 19.1 Å². The Morgan fingerprint density at radius 1 is 1.14 bits per heavy atom. The predicted molar refractivity (Wildman–Crippen MR) is 60.4 cm³/mol. The Balaban J connectivity index is 2.85. The summed E-state index contributed by atoms with van der Waals surface area (Å²) in [6.07, 6.45) is 0. The Kier molecular flexibility index (Phi) is 4.41. The molecule has 1 aromatic rings. The molecule has 0 aliphatic rings. The zero-order valence-corrected chi connectivity index (χ0v) is 9.67. The van der Waals surface area contributed by atoms with E-state index in [1.807, 2.05) is 0 Å². The van der Waals surface area contributed by atoms with Gasteiger partial charge in [0.1, 0.15) is 12.4 Å². The van der Waals surface area contributed by atoms with Crippen LogP contribution in [0, 0.1) is 11.8 Å². The van der Waals surface area contributed by atoms with E-state index < -0.39 is 0 Å². The molecule has 0 aromatic heterocycles. The Morgan fingerprint density at radius 3 is 2.43 bits per heavy atom. The summed E-state index contributed by atoms with van der Waals surface area (Å²) in [5, 5.41) is 1.25. The second-order valence-corrected chi connectivity index (χ2v) is 3.63. The molecule has 0 aliphatic carbocycles. The highest BCUT2D eigenvalue weighted by molar-refractivity contribution is 6.43. The summed E-state index contributed by atoms with van der Waals surface area (Å²) in [6, 6.07) is 3.11. The normalized spacial score (nSPS) is 9.14. The maximum Gasteiger partial charge on any atom is 0.149 e. The van der Waals surface area contributed by atoms with Gasteiger partial charge in [-0.05, 0) is 13.0 Å². The first-order valence-electron chi connectivity index (χ1n) is 3.82. The molecule has 1 aromatic carbocycles. The summed E-state index contributed by atoms with van der Waals surface area (Å²) in [5.74, 6) is 5.95. The summed E-state index contributed by atoms with van der Waals surface area (Å²) < 4.78 is 5.26. The number of ether oxygens (including phenoxy) is 1. The van der Waals surface area contributed by atoms with Crippen molar-refractivity contribution in [3.63, 3.8) is 0 Å². The zero-order chi connectivity index (χ0) is 10.6. The van der Waals surface area contributed by atoms with Crippen molar-refractivity contribution in [1.29, 1.82) is 0 Å². The van der Waals surface area contributed by atoms with Crippen molar-refractivity contribution in [3.8, 4) is 17.6 Å². The first kappa shape index (κ1) is 11.5. The number of hydrogen-bond donors (Lipinski definition) is 0. The van der Waals surface area contributed by atoms with Gasteiger partial charge in [0.15, 0.2) is 0 Å². The van der Waals surface area contributed by atoms with E-state index in [4.69, 9.17) is 39.5 Å². The highest BCUT2D eigenvalue weighted by Crippen LogP contribution is 2.33. The van der Waals surface area contributed by atoms with Crippen LogP contribution in [0.1, 0.15) is 6.92 Å². The average molecular weight is 250 g/mol. The zero-order valence-electron chi connectivity index (χ0n) is 7.40. The van der Waals surface area contributed by atoms with Crippen LogP contribution in [-0.4, -0.2) is 6.61 Å². The van der Waals surface area contributed by atoms with Gasteiger partial charge in [-0.15, -0.1) is 5.92 Å². The predicted octanol–water partition coefficient (Wildman–Crippen LogP) is 4.05. The van der Waals surface area contributed by atoms with Gasteiger partial charge in [0.2, 0.25) is 0 Å². The third kappa shape index (κ3) is 2.99. The molecule has 0 heterocycles.